The van der Waals surface area contributed by atoms with E-state index < -0.39 is 36.1 Å². The van der Waals surface area contributed by atoms with Crippen LogP contribution in [0.15, 0.2) is 18.2 Å². The van der Waals surface area contributed by atoms with E-state index >= 15 is 0 Å². The predicted octanol–water partition coefficient (Wildman–Crippen LogP) is 3.25. The van der Waals surface area contributed by atoms with Crippen molar-refractivity contribution in [1.82, 2.24) is 10.2 Å². The lowest BCUT2D eigenvalue weighted by molar-refractivity contribution is -0.143. The molecule has 0 aromatic heterocycles. The maximum atomic E-state index is 12.7. The molecular formula is C13H16ClF6N3O. The second kappa shape index (κ2) is 8.43. The first-order chi connectivity index (χ1) is 10.4. The summed E-state index contributed by atoms with van der Waals surface area (Å²) in [5, 5.41) is 2.24. The van der Waals surface area contributed by atoms with Crippen LogP contribution in [0.3, 0.4) is 0 Å². The van der Waals surface area contributed by atoms with E-state index in [-0.39, 0.29) is 37.1 Å². The van der Waals surface area contributed by atoms with Crippen molar-refractivity contribution < 1.29 is 31.1 Å². The fourth-order valence-corrected chi connectivity index (χ4v) is 1.73. The number of carbonyl (C=O) groups excluding carboxylic acids is 1. The minimum Gasteiger partial charge on any atom is -0.334 e. The van der Waals surface area contributed by atoms with Crippen molar-refractivity contribution in [3.8, 4) is 0 Å². The molecule has 0 spiro atoms. The lowest BCUT2D eigenvalue weighted by atomic mass is 10.0. The maximum Gasteiger partial charge on any atom is 0.416 e. The minimum absolute atomic E-state index is 0. The summed E-state index contributed by atoms with van der Waals surface area (Å²) in [5.41, 5.74) is 2.09. The number of nitrogens with zero attached hydrogens (tertiary/aromatic N) is 1. The Morgan fingerprint density at radius 3 is 1.92 bits per heavy atom. The summed E-state index contributed by atoms with van der Waals surface area (Å²) in [6.07, 6.45) is -9.84. The molecule has 1 rings (SSSR count). The Bertz CT molecular complexity index is 529. The molecule has 0 aliphatic heterocycles. The van der Waals surface area contributed by atoms with Gasteiger partial charge in [0.1, 0.15) is 0 Å². The predicted molar refractivity (Wildman–Crippen MR) is 77.6 cm³/mol. The Labute approximate surface area is 140 Å². The molecule has 4 nitrogen and oxygen atoms in total. The van der Waals surface area contributed by atoms with Crippen molar-refractivity contribution in [2.75, 3.05) is 20.1 Å². The van der Waals surface area contributed by atoms with Crippen LogP contribution in [0.1, 0.15) is 16.7 Å². The van der Waals surface area contributed by atoms with Gasteiger partial charge in [0, 0.05) is 26.7 Å². The SMILES string of the molecule is CN(CCN)C(=O)NCc1cc(C(F)(F)F)cc(C(F)(F)F)c1.Cl. The molecule has 11 heteroatoms. The molecule has 138 valence electrons. The monoisotopic (exact) mass is 379 g/mol. The molecule has 1 aromatic carbocycles. The molecule has 0 aliphatic carbocycles. The highest BCUT2D eigenvalue weighted by atomic mass is 35.5. The van der Waals surface area contributed by atoms with Crippen LogP contribution in [0.25, 0.3) is 0 Å². The number of likely N-dealkylation sites (N-methyl/N-ethyl adjacent to an activating group) is 1. The molecule has 24 heavy (non-hydrogen) atoms. The van der Waals surface area contributed by atoms with Crippen LogP contribution in [0.2, 0.25) is 0 Å². The van der Waals surface area contributed by atoms with E-state index in [4.69, 9.17) is 5.73 Å². The summed E-state index contributed by atoms with van der Waals surface area (Å²) in [7, 11) is 1.40. The van der Waals surface area contributed by atoms with Gasteiger partial charge in [-0.1, -0.05) is 0 Å². The number of urea groups is 1. The number of nitrogens with one attached hydrogen (secondary N) is 1. The van der Waals surface area contributed by atoms with Crippen molar-refractivity contribution in [3.63, 3.8) is 0 Å². The van der Waals surface area contributed by atoms with Gasteiger partial charge in [0.05, 0.1) is 11.1 Å². The number of amides is 2. The fraction of sp³-hybridized carbons (Fsp3) is 0.462. The Hall–Kier alpha value is -1.68. The molecule has 0 unspecified atom stereocenters. The molecule has 3 N–H and O–H groups in total. The van der Waals surface area contributed by atoms with Crippen molar-refractivity contribution in [1.29, 1.82) is 0 Å². The summed E-state index contributed by atoms with van der Waals surface area (Å²) in [4.78, 5) is 12.7. The summed E-state index contributed by atoms with van der Waals surface area (Å²) < 4.78 is 76.1. The van der Waals surface area contributed by atoms with Gasteiger partial charge >= 0.3 is 18.4 Å². The average molecular weight is 380 g/mol. The number of hydrogen-bond acceptors (Lipinski definition) is 2. The third kappa shape index (κ3) is 6.44. The van der Waals surface area contributed by atoms with Crippen LogP contribution in [-0.4, -0.2) is 31.1 Å². The van der Waals surface area contributed by atoms with Gasteiger partial charge in [-0.2, -0.15) is 26.3 Å². The maximum absolute atomic E-state index is 12.7. The van der Waals surface area contributed by atoms with E-state index in [2.05, 4.69) is 5.32 Å². The number of alkyl halides is 6. The second-order valence-electron chi connectivity index (χ2n) is 4.78. The number of rotatable bonds is 4. The standard InChI is InChI=1S/C13H15F6N3O.ClH/c1-22(3-2-20)11(23)21-7-8-4-9(12(14,15)16)6-10(5-8)13(17,18)19;/h4-6H,2-3,7,20H2,1H3,(H,21,23);1H. The first-order valence-corrected chi connectivity index (χ1v) is 6.42. The summed E-state index contributed by atoms with van der Waals surface area (Å²) in [5.74, 6) is 0. The van der Waals surface area contributed by atoms with Crippen LogP contribution >= 0.6 is 12.4 Å². The highest BCUT2D eigenvalue weighted by Crippen LogP contribution is 2.36. The van der Waals surface area contributed by atoms with Gasteiger partial charge < -0.3 is 16.0 Å². The van der Waals surface area contributed by atoms with Gasteiger partial charge in [-0.15, -0.1) is 12.4 Å². The normalized spacial score (nSPS) is 11.7. The van der Waals surface area contributed by atoms with Gasteiger partial charge in [-0.05, 0) is 23.8 Å². The van der Waals surface area contributed by atoms with Gasteiger partial charge in [-0.3, -0.25) is 0 Å². The molecule has 1 aromatic rings. The Kier molecular flexibility index (Phi) is 7.84. The quantitative estimate of drug-likeness (QED) is 0.789. The van der Waals surface area contributed by atoms with E-state index in [1.165, 1.54) is 7.05 Å². The van der Waals surface area contributed by atoms with E-state index in [0.29, 0.717) is 12.1 Å². The zero-order chi connectivity index (χ0) is 17.8. The van der Waals surface area contributed by atoms with E-state index in [9.17, 15) is 31.1 Å². The Morgan fingerprint density at radius 1 is 1.08 bits per heavy atom. The van der Waals surface area contributed by atoms with E-state index in [0.717, 1.165) is 4.90 Å². The number of carbonyl (C=O) groups is 1. The zero-order valence-electron chi connectivity index (χ0n) is 12.5. The van der Waals surface area contributed by atoms with Crippen LogP contribution < -0.4 is 11.1 Å². The molecule has 0 heterocycles. The molecule has 0 bridgehead atoms. The topological polar surface area (TPSA) is 58.4 Å². The number of hydrogen-bond donors (Lipinski definition) is 2. The molecule has 0 radical (unpaired) electrons. The second-order valence-corrected chi connectivity index (χ2v) is 4.78. The molecule has 2 amide bonds. The summed E-state index contributed by atoms with van der Waals surface area (Å²) in [6.45, 7) is -0.103. The first kappa shape index (κ1) is 22.3. The lowest BCUT2D eigenvalue weighted by Gasteiger charge is -2.18. The van der Waals surface area contributed by atoms with Gasteiger partial charge in [0.2, 0.25) is 0 Å². The van der Waals surface area contributed by atoms with Crippen molar-refractivity contribution >= 4 is 18.4 Å². The Morgan fingerprint density at radius 2 is 1.54 bits per heavy atom. The molecule has 0 saturated carbocycles. The highest BCUT2D eigenvalue weighted by Gasteiger charge is 2.36. The van der Waals surface area contributed by atoms with Crippen molar-refractivity contribution in [2.24, 2.45) is 5.73 Å². The van der Waals surface area contributed by atoms with Gasteiger partial charge in [0.15, 0.2) is 0 Å². The van der Waals surface area contributed by atoms with E-state index in [1.807, 2.05) is 0 Å². The average Bonchev–Trinajstić information content (AvgIpc) is 2.42. The van der Waals surface area contributed by atoms with Gasteiger partial charge in [-0.25, -0.2) is 4.79 Å². The lowest BCUT2D eigenvalue weighted by Crippen LogP contribution is -2.39. The summed E-state index contributed by atoms with van der Waals surface area (Å²) >= 11 is 0. The van der Waals surface area contributed by atoms with Gasteiger partial charge in [0.25, 0.3) is 0 Å². The number of nitrogens with two attached hydrogens (primary N) is 1. The molecule has 0 aliphatic rings. The van der Waals surface area contributed by atoms with Crippen LogP contribution in [0.5, 0.6) is 0 Å². The van der Waals surface area contributed by atoms with Crippen LogP contribution in [0, 0.1) is 0 Å². The third-order valence-electron chi connectivity index (χ3n) is 2.90. The largest absolute Gasteiger partial charge is 0.416 e. The minimum atomic E-state index is -4.92. The first-order valence-electron chi connectivity index (χ1n) is 6.42. The van der Waals surface area contributed by atoms with Crippen molar-refractivity contribution in [3.05, 3.63) is 34.9 Å². The Balaban J connectivity index is 0.00000529. The highest BCUT2D eigenvalue weighted by molar-refractivity contribution is 5.85. The fourth-order valence-electron chi connectivity index (χ4n) is 1.73. The molecular weight excluding hydrogens is 364 g/mol. The van der Waals surface area contributed by atoms with Crippen LogP contribution in [0.4, 0.5) is 31.1 Å². The number of benzene rings is 1. The smallest absolute Gasteiger partial charge is 0.334 e. The molecule has 0 atom stereocenters. The van der Waals surface area contributed by atoms with E-state index in [1.54, 1.807) is 0 Å². The molecule has 0 saturated heterocycles. The summed E-state index contributed by atoms with van der Waals surface area (Å²) in [6, 6.07) is 0.518. The third-order valence-corrected chi connectivity index (χ3v) is 2.90. The van der Waals surface area contributed by atoms with Crippen LogP contribution in [-0.2, 0) is 18.9 Å². The zero-order valence-corrected chi connectivity index (χ0v) is 13.3. The van der Waals surface area contributed by atoms with Crippen molar-refractivity contribution in [2.45, 2.75) is 18.9 Å². The molecule has 0 fully saturated rings. The number of halogens is 7.